The second-order valence-electron chi connectivity index (χ2n) is 11.4. The van der Waals surface area contributed by atoms with Crippen LogP contribution in [-0.2, 0) is 26.5 Å². The first-order chi connectivity index (χ1) is 23.3. The van der Waals surface area contributed by atoms with Crippen LogP contribution in [0.3, 0.4) is 0 Å². The maximum atomic E-state index is 8.85. The third kappa shape index (κ3) is 7.04. The standard InChI is InChI=1S/C23H20NO.C19H16N.Ir/c1-2-6-16(5-1)13-17-11-12-24-21(14-17)18-9-10-23-20(15-18)19-7-3-4-8-22(19)25-23;1-15(16-9-3-2-4-10-16)17-11-5-6-12-18(17)19-13-7-8-14-20-19;/h3-4,7-8,10-12,14-16H,1-2,5-6,13H2;2-11,13-15H,1H3;/q2*-1;/i13D2;15D;. The van der Waals surface area contributed by atoms with Gasteiger partial charge in [-0.15, -0.1) is 59.2 Å². The van der Waals surface area contributed by atoms with Crippen LogP contribution >= 0.6 is 0 Å². The van der Waals surface area contributed by atoms with E-state index in [1.165, 1.54) is 0 Å². The molecule has 1 aliphatic rings. The van der Waals surface area contributed by atoms with Gasteiger partial charge in [-0.3, -0.25) is 0 Å². The van der Waals surface area contributed by atoms with Crippen molar-refractivity contribution in [3.63, 3.8) is 0 Å². The molecule has 231 valence electrons. The fourth-order valence-electron chi connectivity index (χ4n) is 6.11. The van der Waals surface area contributed by atoms with Crippen LogP contribution in [0.2, 0.25) is 0 Å². The van der Waals surface area contributed by atoms with Gasteiger partial charge in [0.25, 0.3) is 0 Å². The van der Waals surface area contributed by atoms with Crippen molar-refractivity contribution in [1.29, 1.82) is 0 Å². The predicted octanol–water partition coefficient (Wildman–Crippen LogP) is 10.9. The molecule has 1 unspecified atom stereocenters. The first-order valence-corrected chi connectivity index (χ1v) is 15.6. The summed E-state index contributed by atoms with van der Waals surface area (Å²) in [5.74, 6) is -0.747. The summed E-state index contributed by atoms with van der Waals surface area (Å²) in [7, 11) is 0. The number of furan rings is 1. The Morgan fingerprint density at radius 2 is 1.59 bits per heavy atom. The molecule has 3 nitrogen and oxygen atoms in total. The molecule has 0 spiro atoms. The Labute approximate surface area is 289 Å². The fourth-order valence-corrected chi connectivity index (χ4v) is 6.11. The Balaban J connectivity index is 0.000000172. The number of pyridine rings is 2. The van der Waals surface area contributed by atoms with Gasteiger partial charge in [0, 0.05) is 42.0 Å². The number of hydrogen-bond donors (Lipinski definition) is 0. The molecule has 0 amide bonds. The molecule has 46 heavy (non-hydrogen) atoms. The predicted molar refractivity (Wildman–Crippen MR) is 184 cm³/mol. The van der Waals surface area contributed by atoms with Gasteiger partial charge in [0.15, 0.2) is 0 Å². The smallest absolute Gasteiger partial charge is 0.120 e. The van der Waals surface area contributed by atoms with Gasteiger partial charge in [0.05, 0.1) is 5.58 Å². The molecular formula is C42H36IrN2O-2. The minimum Gasteiger partial charge on any atom is -0.500 e. The monoisotopic (exact) mass is 780 g/mol. The number of nitrogens with zero attached hydrogens (tertiary/aromatic N) is 2. The average molecular weight is 780 g/mol. The normalized spacial score (nSPS) is 15.5. The Hall–Kier alpha value is -4.37. The van der Waals surface area contributed by atoms with Crippen LogP contribution in [0.4, 0.5) is 0 Å². The SMILES string of the molecule is [2H]C(C)(c1ccccc1)c1ccc[c-]c1-c1ccccn1.[2H]C([2H])(c1ccnc(-c2[c-]cc3oc4ccccc4c3c2)c1)C1CCCC1.[Ir]. The van der Waals surface area contributed by atoms with Crippen molar-refractivity contribution in [3.8, 4) is 22.5 Å². The van der Waals surface area contributed by atoms with Crippen molar-refractivity contribution in [2.45, 2.75) is 44.9 Å². The summed E-state index contributed by atoms with van der Waals surface area (Å²) in [5.41, 5.74) is 7.60. The maximum absolute atomic E-state index is 8.85. The molecule has 4 heteroatoms. The molecule has 1 fully saturated rings. The number of aromatic nitrogens is 2. The van der Waals surface area contributed by atoms with E-state index in [-0.39, 0.29) is 26.0 Å². The molecule has 0 bridgehead atoms. The molecule has 0 N–H and O–H groups in total. The minimum absolute atomic E-state index is 0. The second-order valence-corrected chi connectivity index (χ2v) is 11.4. The van der Waals surface area contributed by atoms with Crippen molar-refractivity contribution < 1.29 is 28.6 Å². The summed E-state index contributed by atoms with van der Waals surface area (Å²) in [4.78, 5) is 8.89. The average Bonchev–Trinajstić information content (AvgIpc) is 3.82. The number of benzene rings is 4. The van der Waals surface area contributed by atoms with Crippen LogP contribution in [0.15, 0.2) is 132 Å². The van der Waals surface area contributed by atoms with E-state index < -0.39 is 12.3 Å². The molecule has 0 aliphatic heterocycles. The van der Waals surface area contributed by atoms with Crippen molar-refractivity contribution in [1.82, 2.24) is 9.97 Å². The molecule has 8 rings (SSSR count). The van der Waals surface area contributed by atoms with Gasteiger partial charge in [-0.25, -0.2) is 0 Å². The molecule has 1 aliphatic carbocycles. The first-order valence-electron chi connectivity index (χ1n) is 17.1. The minimum atomic E-state index is -1.32. The summed E-state index contributed by atoms with van der Waals surface area (Å²) in [5, 5.41) is 2.10. The molecule has 1 saturated carbocycles. The molecular weight excluding hydrogens is 741 g/mol. The summed E-state index contributed by atoms with van der Waals surface area (Å²) in [6.07, 6.45) is 6.33. The van der Waals surface area contributed by atoms with E-state index in [1.54, 1.807) is 12.4 Å². The Morgan fingerprint density at radius 1 is 0.804 bits per heavy atom. The van der Waals surface area contributed by atoms with Gasteiger partial charge in [-0.05, 0) is 53.3 Å². The van der Waals surface area contributed by atoms with Gasteiger partial charge in [0.1, 0.15) is 5.58 Å². The zero-order valence-electron chi connectivity index (χ0n) is 28.7. The summed E-state index contributed by atoms with van der Waals surface area (Å²) in [6.45, 7) is 1.91. The summed E-state index contributed by atoms with van der Waals surface area (Å²) >= 11 is 0. The van der Waals surface area contributed by atoms with Gasteiger partial charge < -0.3 is 14.4 Å². The van der Waals surface area contributed by atoms with Crippen LogP contribution in [0, 0.1) is 18.1 Å². The van der Waals surface area contributed by atoms with Crippen LogP contribution in [-0.4, -0.2) is 9.97 Å². The van der Waals surface area contributed by atoms with E-state index in [9.17, 15) is 0 Å². The Kier molecular flexibility index (Phi) is 8.99. The zero-order chi connectivity index (χ0) is 33.1. The molecule has 3 aromatic heterocycles. The summed E-state index contributed by atoms with van der Waals surface area (Å²) in [6, 6.07) is 43.5. The first kappa shape index (κ1) is 27.9. The Bertz CT molecular complexity index is 2160. The van der Waals surface area contributed by atoms with E-state index in [1.807, 2.05) is 122 Å². The van der Waals surface area contributed by atoms with E-state index in [4.69, 9.17) is 8.53 Å². The van der Waals surface area contributed by atoms with Crippen molar-refractivity contribution in [2.75, 3.05) is 0 Å². The zero-order valence-corrected chi connectivity index (χ0v) is 28.1. The second kappa shape index (κ2) is 14.8. The molecule has 4 aromatic carbocycles. The van der Waals surface area contributed by atoms with Gasteiger partial charge in [0.2, 0.25) is 0 Å². The van der Waals surface area contributed by atoms with Crippen molar-refractivity contribution in [3.05, 3.63) is 156 Å². The maximum Gasteiger partial charge on any atom is 0.120 e. The number of rotatable bonds is 6. The van der Waals surface area contributed by atoms with Crippen LogP contribution < -0.4 is 0 Å². The fraction of sp³-hybridized carbons (Fsp3) is 0.190. The topological polar surface area (TPSA) is 38.9 Å². The van der Waals surface area contributed by atoms with Gasteiger partial charge >= 0.3 is 0 Å². The molecule has 1 atom stereocenters. The molecule has 7 aromatic rings. The van der Waals surface area contributed by atoms with Crippen LogP contribution in [0.1, 0.15) is 59.3 Å². The number of hydrogen-bond acceptors (Lipinski definition) is 3. The van der Waals surface area contributed by atoms with Crippen LogP contribution in [0.5, 0.6) is 0 Å². The van der Waals surface area contributed by atoms with Crippen LogP contribution in [0.25, 0.3) is 44.5 Å². The molecule has 1 radical (unpaired) electrons. The van der Waals surface area contributed by atoms with Gasteiger partial charge in [-0.1, -0.05) is 110 Å². The molecule has 3 heterocycles. The van der Waals surface area contributed by atoms with Crippen molar-refractivity contribution >= 4 is 21.9 Å². The largest absolute Gasteiger partial charge is 0.500 e. The Morgan fingerprint density at radius 3 is 2.41 bits per heavy atom. The van der Waals surface area contributed by atoms with Gasteiger partial charge in [-0.2, -0.15) is 0 Å². The van der Waals surface area contributed by atoms with E-state index in [2.05, 4.69) is 22.1 Å². The van der Waals surface area contributed by atoms with E-state index in [0.29, 0.717) is 5.56 Å². The number of para-hydroxylation sites is 1. The van der Waals surface area contributed by atoms with E-state index in [0.717, 1.165) is 81.3 Å². The van der Waals surface area contributed by atoms with Crippen molar-refractivity contribution in [2.24, 2.45) is 5.92 Å². The molecule has 0 saturated heterocycles. The number of fused-ring (bicyclic) bond motifs is 3. The quantitative estimate of drug-likeness (QED) is 0.158. The summed E-state index contributed by atoms with van der Waals surface area (Å²) < 4.78 is 32.0. The third-order valence-corrected chi connectivity index (χ3v) is 8.46. The van der Waals surface area contributed by atoms with E-state index >= 15 is 0 Å². The third-order valence-electron chi connectivity index (χ3n) is 8.46.